The Balaban J connectivity index is 1.53. The van der Waals surface area contributed by atoms with Gasteiger partial charge in [-0.1, -0.05) is 17.7 Å². The van der Waals surface area contributed by atoms with Crippen LogP contribution < -0.4 is 10.6 Å². The highest BCUT2D eigenvalue weighted by atomic mass is 35.5. The Morgan fingerprint density at radius 3 is 2.70 bits per heavy atom. The van der Waals surface area contributed by atoms with Crippen LogP contribution in [-0.2, 0) is 4.79 Å². The molecule has 9 heteroatoms. The number of imidazole rings is 1. The topological polar surface area (TPSA) is 113 Å². The third-order valence-electron chi connectivity index (χ3n) is 4.58. The molecule has 0 fully saturated rings. The number of fused-ring (bicyclic) bond motifs is 1. The van der Waals surface area contributed by atoms with Crippen LogP contribution >= 0.6 is 11.6 Å². The molecule has 0 saturated heterocycles. The molecule has 0 aliphatic rings. The first-order valence-electron chi connectivity index (χ1n) is 9.33. The van der Waals surface area contributed by atoms with E-state index in [1.165, 1.54) is 18.2 Å². The fraction of sp³-hybridized carbons (Fsp3) is 0.238. The molecule has 156 valence electrons. The van der Waals surface area contributed by atoms with Crippen molar-refractivity contribution in [1.82, 2.24) is 14.7 Å². The van der Waals surface area contributed by atoms with Gasteiger partial charge in [0.2, 0.25) is 5.91 Å². The largest absolute Gasteiger partial charge is 0.478 e. The van der Waals surface area contributed by atoms with Crippen LogP contribution in [0.25, 0.3) is 5.65 Å². The van der Waals surface area contributed by atoms with E-state index in [2.05, 4.69) is 15.6 Å². The number of rotatable bonds is 7. The van der Waals surface area contributed by atoms with Gasteiger partial charge in [0, 0.05) is 24.8 Å². The van der Waals surface area contributed by atoms with Gasteiger partial charge in [-0.15, -0.1) is 0 Å². The van der Waals surface area contributed by atoms with Gasteiger partial charge in [-0.2, -0.15) is 0 Å². The van der Waals surface area contributed by atoms with Crippen LogP contribution in [0.15, 0.2) is 36.5 Å². The first kappa shape index (κ1) is 21.3. The molecule has 0 aliphatic heterocycles. The average Bonchev–Trinajstić information content (AvgIpc) is 3.04. The highest BCUT2D eigenvalue weighted by Crippen LogP contribution is 2.21. The molecule has 30 heavy (non-hydrogen) atoms. The number of carboxylic acids is 1. The summed E-state index contributed by atoms with van der Waals surface area (Å²) in [4.78, 5) is 40.2. The zero-order valence-corrected chi connectivity index (χ0v) is 17.3. The van der Waals surface area contributed by atoms with Gasteiger partial charge in [0.05, 0.1) is 16.3 Å². The third-order valence-corrected chi connectivity index (χ3v) is 4.91. The molecule has 0 bridgehead atoms. The number of hydrogen-bond acceptors (Lipinski definition) is 4. The molecule has 0 saturated carbocycles. The fourth-order valence-corrected chi connectivity index (χ4v) is 3.31. The van der Waals surface area contributed by atoms with Crippen LogP contribution in [0, 0.1) is 13.8 Å². The molecule has 1 aromatic carbocycles. The number of carbonyl (C=O) groups excluding carboxylic acids is 2. The molecule has 2 heterocycles. The molecule has 3 N–H and O–H groups in total. The first-order chi connectivity index (χ1) is 14.3. The van der Waals surface area contributed by atoms with E-state index in [-0.39, 0.29) is 28.8 Å². The lowest BCUT2D eigenvalue weighted by Gasteiger charge is -2.08. The van der Waals surface area contributed by atoms with Gasteiger partial charge in [0.15, 0.2) is 0 Å². The van der Waals surface area contributed by atoms with Crippen molar-refractivity contribution >= 4 is 40.7 Å². The minimum atomic E-state index is -1.17. The second kappa shape index (κ2) is 8.96. The number of benzene rings is 1. The van der Waals surface area contributed by atoms with Crippen molar-refractivity contribution < 1.29 is 19.5 Å². The molecular weight excluding hydrogens is 408 g/mol. The van der Waals surface area contributed by atoms with Crippen molar-refractivity contribution in [1.29, 1.82) is 0 Å². The number of halogens is 1. The molecule has 3 aromatic rings. The van der Waals surface area contributed by atoms with E-state index in [9.17, 15) is 14.4 Å². The van der Waals surface area contributed by atoms with Crippen molar-refractivity contribution in [3.8, 4) is 0 Å². The molecule has 8 nitrogen and oxygen atoms in total. The van der Waals surface area contributed by atoms with Crippen LogP contribution in [0.5, 0.6) is 0 Å². The molecule has 2 aromatic heterocycles. The predicted molar refractivity (Wildman–Crippen MR) is 113 cm³/mol. The number of aryl methyl sites for hydroxylation is 2. The summed E-state index contributed by atoms with van der Waals surface area (Å²) in [5.74, 6) is -1.71. The van der Waals surface area contributed by atoms with E-state index in [0.717, 1.165) is 11.2 Å². The molecule has 3 rings (SSSR count). The number of hydrogen-bond donors (Lipinski definition) is 3. The van der Waals surface area contributed by atoms with Crippen molar-refractivity contribution in [2.24, 2.45) is 0 Å². The Morgan fingerprint density at radius 2 is 1.97 bits per heavy atom. The van der Waals surface area contributed by atoms with Gasteiger partial charge in [-0.3, -0.25) is 14.0 Å². The minimum absolute atomic E-state index is 0.0830. The Hall–Kier alpha value is -3.39. The van der Waals surface area contributed by atoms with Gasteiger partial charge in [-0.25, -0.2) is 9.78 Å². The summed E-state index contributed by atoms with van der Waals surface area (Å²) < 4.78 is 1.76. The number of pyridine rings is 1. The van der Waals surface area contributed by atoms with E-state index >= 15 is 0 Å². The number of nitrogens with one attached hydrogen (secondary N) is 2. The summed E-state index contributed by atoms with van der Waals surface area (Å²) in [5.41, 5.74) is 3.09. The van der Waals surface area contributed by atoms with Crippen LogP contribution in [0.1, 0.15) is 44.9 Å². The van der Waals surface area contributed by atoms with Crippen LogP contribution in [0.2, 0.25) is 5.02 Å². The Labute approximate surface area is 177 Å². The average molecular weight is 429 g/mol. The van der Waals surface area contributed by atoms with E-state index < -0.39 is 5.97 Å². The van der Waals surface area contributed by atoms with Crippen LogP contribution in [-0.4, -0.2) is 38.8 Å². The van der Waals surface area contributed by atoms with Crippen LogP contribution in [0.3, 0.4) is 0 Å². The predicted octanol–water partition coefficient (Wildman–Crippen LogP) is 3.45. The normalized spacial score (nSPS) is 10.8. The fourth-order valence-electron chi connectivity index (χ4n) is 3.12. The molecule has 0 unspecified atom stereocenters. The lowest BCUT2D eigenvalue weighted by molar-refractivity contribution is -0.116. The SMILES string of the molecule is Cc1nc2c(C)cccn2c1C(=O)NCCCC(=O)Nc1ccc(Cl)c(C(=O)O)c1. The Kier molecular flexibility index (Phi) is 6.37. The highest BCUT2D eigenvalue weighted by Gasteiger charge is 2.17. The monoisotopic (exact) mass is 428 g/mol. The van der Waals surface area contributed by atoms with Gasteiger partial charge < -0.3 is 15.7 Å². The number of carboxylic acid groups (broad SMARTS) is 1. The van der Waals surface area contributed by atoms with Gasteiger partial charge in [0.1, 0.15) is 11.3 Å². The minimum Gasteiger partial charge on any atom is -0.478 e. The summed E-state index contributed by atoms with van der Waals surface area (Å²) in [7, 11) is 0. The Bertz CT molecular complexity index is 1140. The maximum absolute atomic E-state index is 12.6. The smallest absolute Gasteiger partial charge is 0.337 e. The first-order valence-corrected chi connectivity index (χ1v) is 9.71. The number of amides is 2. The van der Waals surface area contributed by atoms with Crippen molar-refractivity contribution in [3.63, 3.8) is 0 Å². The third kappa shape index (κ3) is 4.60. The number of aromatic nitrogens is 2. The van der Waals surface area contributed by atoms with E-state index in [1.54, 1.807) is 17.5 Å². The number of carbonyl (C=O) groups is 3. The molecule has 0 radical (unpaired) electrons. The molecule has 0 aliphatic carbocycles. The number of aromatic carboxylic acids is 1. The summed E-state index contributed by atoms with van der Waals surface area (Å²) >= 11 is 5.82. The zero-order chi connectivity index (χ0) is 21.8. The summed E-state index contributed by atoms with van der Waals surface area (Å²) in [5, 5.41) is 14.6. The van der Waals surface area contributed by atoms with Crippen molar-refractivity contribution in [2.75, 3.05) is 11.9 Å². The molecule has 0 atom stereocenters. The Morgan fingerprint density at radius 1 is 1.20 bits per heavy atom. The molecule has 0 spiro atoms. The van der Waals surface area contributed by atoms with Crippen LogP contribution in [0.4, 0.5) is 5.69 Å². The number of nitrogens with zero attached hydrogens (tertiary/aromatic N) is 2. The highest BCUT2D eigenvalue weighted by molar-refractivity contribution is 6.33. The zero-order valence-electron chi connectivity index (χ0n) is 16.5. The quantitative estimate of drug-likeness (QED) is 0.499. The van der Waals surface area contributed by atoms with Gasteiger partial charge in [-0.05, 0) is 50.1 Å². The van der Waals surface area contributed by atoms with E-state index in [0.29, 0.717) is 30.0 Å². The maximum atomic E-state index is 12.6. The second-order valence-corrected chi connectivity index (χ2v) is 7.25. The van der Waals surface area contributed by atoms with E-state index in [4.69, 9.17) is 16.7 Å². The van der Waals surface area contributed by atoms with Crippen molar-refractivity contribution in [3.05, 3.63) is 64.1 Å². The maximum Gasteiger partial charge on any atom is 0.337 e. The summed E-state index contributed by atoms with van der Waals surface area (Å²) in [6.07, 6.45) is 2.38. The number of anilines is 1. The summed E-state index contributed by atoms with van der Waals surface area (Å²) in [6.45, 7) is 4.03. The van der Waals surface area contributed by atoms with Crippen molar-refractivity contribution in [2.45, 2.75) is 26.7 Å². The van der Waals surface area contributed by atoms with Gasteiger partial charge in [0.25, 0.3) is 5.91 Å². The standard InChI is InChI=1S/C21H21ClN4O4/c1-12-5-4-10-26-18(13(2)24-19(12)26)20(28)23-9-3-6-17(27)25-14-7-8-16(22)15(11-14)21(29)30/h4-5,7-8,10-11H,3,6,9H2,1-2H3,(H,23,28)(H,25,27)(H,29,30). The van der Waals surface area contributed by atoms with Gasteiger partial charge >= 0.3 is 5.97 Å². The molecular formula is C21H21ClN4O4. The summed E-state index contributed by atoms with van der Waals surface area (Å²) in [6, 6.07) is 8.05. The lowest BCUT2D eigenvalue weighted by Crippen LogP contribution is -2.27. The van der Waals surface area contributed by atoms with E-state index in [1.807, 2.05) is 19.1 Å². The second-order valence-electron chi connectivity index (χ2n) is 6.84. The molecule has 2 amide bonds. The lowest BCUT2D eigenvalue weighted by atomic mass is 10.2.